The van der Waals surface area contributed by atoms with Crippen molar-refractivity contribution in [1.82, 2.24) is 0 Å². The maximum Gasteiger partial charge on any atom is 0.280 e. The predicted molar refractivity (Wildman–Crippen MR) is 93.1 cm³/mol. The molecule has 0 unspecified atom stereocenters. The summed E-state index contributed by atoms with van der Waals surface area (Å²) >= 11 is 5.96. The highest BCUT2D eigenvalue weighted by Gasteiger charge is 2.28. The average Bonchev–Trinajstić information content (AvgIpc) is 2.83. The topological polar surface area (TPSA) is 75.8 Å². The smallest absolute Gasteiger partial charge is 0.267 e. The molecule has 0 atom stereocenters. The Morgan fingerprint density at radius 1 is 1.21 bits per heavy atom. The van der Waals surface area contributed by atoms with Gasteiger partial charge in [0.25, 0.3) is 11.6 Å². The highest BCUT2D eigenvalue weighted by molar-refractivity contribution is 6.33. The number of nitro benzene ring substituents is 1. The Bertz CT molecular complexity index is 905. The summed E-state index contributed by atoms with van der Waals surface area (Å²) < 4.78 is 0. The van der Waals surface area contributed by atoms with E-state index in [1.165, 1.54) is 17.1 Å². The highest BCUT2D eigenvalue weighted by atomic mass is 35.5. The molecule has 120 valence electrons. The van der Waals surface area contributed by atoms with E-state index in [-0.39, 0.29) is 11.6 Å². The van der Waals surface area contributed by atoms with Crippen LogP contribution in [0.3, 0.4) is 0 Å². The van der Waals surface area contributed by atoms with Crippen molar-refractivity contribution in [3.63, 3.8) is 0 Å². The molecule has 0 radical (unpaired) electrons. The Hall–Kier alpha value is -2.99. The molecule has 6 nitrogen and oxygen atoms in total. The van der Waals surface area contributed by atoms with Crippen LogP contribution in [0, 0.1) is 10.1 Å². The summed E-state index contributed by atoms with van der Waals surface area (Å²) in [5.74, 6) is -0.304. The van der Waals surface area contributed by atoms with Crippen molar-refractivity contribution in [3.05, 3.63) is 74.8 Å². The number of non-ortho nitro benzene ring substituents is 1. The van der Waals surface area contributed by atoms with Crippen molar-refractivity contribution in [2.75, 3.05) is 5.01 Å². The minimum atomic E-state index is -0.475. The van der Waals surface area contributed by atoms with Crippen LogP contribution in [0.2, 0.25) is 5.02 Å². The van der Waals surface area contributed by atoms with Gasteiger partial charge in [-0.25, -0.2) is 0 Å². The van der Waals surface area contributed by atoms with Gasteiger partial charge < -0.3 is 0 Å². The normalized spacial score (nSPS) is 15.8. The molecule has 0 aliphatic carbocycles. The van der Waals surface area contributed by atoms with E-state index in [0.29, 0.717) is 27.6 Å². The maximum atomic E-state index is 12.6. The third-order valence-corrected chi connectivity index (χ3v) is 3.74. The van der Waals surface area contributed by atoms with Gasteiger partial charge in [-0.2, -0.15) is 10.1 Å². The van der Waals surface area contributed by atoms with Crippen molar-refractivity contribution in [3.8, 4) is 0 Å². The van der Waals surface area contributed by atoms with Crippen molar-refractivity contribution >= 4 is 40.7 Å². The number of nitrogens with zero attached hydrogens (tertiary/aromatic N) is 3. The second kappa shape index (κ2) is 6.25. The first-order valence-corrected chi connectivity index (χ1v) is 7.45. The minimum Gasteiger partial charge on any atom is -0.267 e. The number of hydrogen-bond donors (Lipinski definition) is 0. The van der Waals surface area contributed by atoms with Crippen LogP contribution in [0.25, 0.3) is 6.08 Å². The number of rotatable bonds is 3. The van der Waals surface area contributed by atoms with Crippen LogP contribution >= 0.6 is 11.6 Å². The third-order valence-electron chi connectivity index (χ3n) is 3.51. The number of hydrogen-bond acceptors (Lipinski definition) is 4. The van der Waals surface area contributed by atoms with Gasteiger partial charge in [0.1, 0.15) is 0 Å². The molecule has 0 bridgehead atoms. The SMILES string of the molecule is CC1=NN(c2cccc(Cl)c2)C(=O)/C1=C\c1cccc([N+](=O)[O-])c1. The lowest BCUT2D eigenvalue weighted by atomic mass is 10.1. The summed E-state index contributed by atoms with van der Waals surface area (Å²) in [6, 6.07) is 12.9. The van der Waals surface area contributed by atoms with Gasteiger partial charge in [0.05, 0.1) is 21.9 Å². The van der Waals surface area contributed by atoms with E-state index in [1.807, 2.05) is 0 Å². The molecular weight excluding hydrogens is 330 g/mol. The first-order chi connectivity index (χ1) is 11.5. The average molecular weight is 342 g/mol. The molecule has 1 amide bonds. The van der Waals surface area contributed by atoms with E-state index in [9.17, 15) is 14.9 Å². The monoisotopic (exact) mass is 341 g/mol. The lowest BCUT2D eigenvalue weighted by Gasteiger charge is -2.11. The van der Waals surface area contributed by atoms with Gasteiger partial charge in [0.2, 0.25) is 0 Å². The lowest BCUT2D eigenvalue weighted by molar-refractivity contribution is -0.384. The fourth-order valence-electron chi connectivity index (χ4n) is 2.36. The zero-order valence-corrected chi connectivity index (χ0v) is 13.4. The van der Waals surface area contributed by atoms with Gasteiger partial charge in [0.15, 0.2) is 0 Å². The summed E-state index contributed by atoms with van der Waals surface area (Å²) in [6.07, 6.45) is 1.60. The standard InChI is InChI=1S/C17H12ClN3O3/c1-11-16(9-12-4-2-7-15(8-12)21(23)24)17(22)20(19-11)14-6-3-5-13(18)10-14/h2-10H,1H3/b16-9-. The summed E-state index contributed by atoms with van der Waals surface area (Å²) in [5.41, 5.74) is 2.02. The fraction of sp³-hybridized carbons (Fsp3) is 0.0588. The van der Waals surface area contributed by atoms with Gasteiger partial charge in [-0.3, -0.25) is 14.9 Å². The van der Waals surface area contributed by atoms with Gasteiger partial charge in [-0.05, 0) is 36.8 Å². The Morgan fingerprint density at radius 3 is 2.67 bits per heavy atom. The van der Waals surface area contributed by atoms with Crippen molar-refractivity contribution < 1.29 is 9.72 Å². The molecule has 0 saturated heterocycles. The van der Waals surface area contributed by atoms with Crippen LogP contribution in [0.1, 0.15) is 12.5 Å². The van der Waals surface area contributed by atoms with Gasteiger partial charge in [0, 0.05) is 17.2 Å². The minimum absolute atomic E-state index is 0.0314. The highest BCUT2D eigenvalue weighted by Crippen LogP contribution is 2.27. The largest absolute Gasteiger partial charge is 0.280 e. The van der Waals surface area contributed by atoms with Crippen molar-refractivity contribution in [2.45, 2.75) is 6.92 Å². The summed E-state index contributed by atoms with van der Waals surface area (Å²) in [4.78, 5) is 23.0. The van der Waals surface area contributed by atoms with E-state index in [2.05, 4.69) is 5.10 Å². The van der Waals surface area contributed by atoms with Crippen LogP contribution in [0.5, 0.6) is 0 Å². The van der Waals surface area contributed by atoms with E-state index in [0.717, 1.165) is 0 Å². The maximum absolute atomic E-state index is 12.6. The number of anilines is 1. The number of carbonyl (C=O) groups excluding carboxylic acids is 1. The summed E-state index contributed by atoms with van der Waals surface area (Å²) in [5, 5.41) is 16.9. The number of amides is 1. The van der Waals surface area contributed by atoms with Crippen molar-refractivity contribution in [1.29, 1.82) is 0 Å². The van der Waals surface area contributed by atoms with Crippen molar-refractivity contribution in [2.24, 2.45) is 5.10 Å². The molecule has 3 rings (SSSR count). The quantitative estimate of drug-likeness (QED) is 0.480. The van der Waals surface area contributed by atoms with Gasteiger partial charge in [-0.1, -0.05) is 29.8 Å². The second-order valence-electron chi connectivity index (χ2n) is 5.19. The molecule has 0 fully saturated rings. The molecule has 24 heavy (non-hydrogen) atoms. The van der Waals surface area contributed by atoms with Crippen LogP contribution in [0.15, 0.2) is 59.2 Å². The fourth-order valence-corrected chi connectivity index (χ4v) is 2.55. The third kappa shape index (κ3) is 3.04. The lowest BCUT2D eigenvalue weighted by Crippen LogP contribution is -2.21. The van der Waals surface area contributed by atoms with Gasteiger partial charge in [-0.15, -0.1) is 0 Å². The molecule has 0 spiro atoms. The molecule has 1 heterocycles. The molecule has 0 N–H and O–H groups in total. The number of nitro groups is 1. The molecule has 7 heteroatoms. The number of hydrazone groups is 1. The molecule has 2 aromatic rings. The number of benzene rings is 2. The second-order valence-corrected chi connectivity index (χ2v) is 5.63. The van der Waals surface area contributed by atoms with Crippen LogP contribution in [-0.2, 0) is 4.79 Å². The first kappa shape index (κ1) is 15.9. The van der Waals surface area contributed by atoms with Gasteiger partial charge >= 0.3 is 0 Å². The Labute approximate surface area is 142 Å². The van der Waals surface area contributed by atoms with E-state index < -0.39 is 4.92 Å². The Balaban J connectivity index is 1.96. The first-order valence-electron chi connectivity index (χ1n) is 7.07. The zero-order valence-electron chi connectivity index (χ0n) is 12.6. The summed E-state index contributed by atoms with van der Waals surface area (Å²) in [7, 11) is 0. The van der Waals surface area contributed by atoms with E-state index in [4.69, 9.17) is 11.6 Å². The molecular formula is C17H12ClN3O3. The Morgan fingerprint density at radius 2 is 1.96 bits per heavy atom. The zero-order chi connectivity index (χ0) is 17.3. The molecule has 0 aromatic heterocycles. The predicted octanol–water partition coefficient (Wildman–Crippen LogP) is 4.05. The number of carbonyl (C=O) groups is 1. The molecule has 1 aliphatic heterocycles. The van der Waals surface area contributed by atoms with Crippen LogP contribution in [-0.4, -0.2) is 16.5 Å². The molecule has 1 aliphatic rings. The van der Waals surface area contributed by atoms with Crippen LogP contribution < -0.4 is 5.01 Å². The van der Waals surface area contributed by atoms with E-state index >= 15 is 0 Å². The number of halogens is 1. The summed E-state index contributed by atoms with van der Waals surface area (Å²) in [6.45, 7) is 1.71. The van der Waals surface area contributed by atoms with E-state index in [1.54, 1.807) is 49.4 Å². The molecule has 2 aromatic carbocycles. The van der Waals surface area contributed by atoms with Crippen LogP contribution in [0.4, 0.5) is 11.4 Å². The Kier molecular flexibility index (Phi) is 4.14. The molecule has 0 saturated carbocycles.